The van der Waals surface area contributed by atoms with Gasteiger partial charge in [-0.2, -0.15) is 0 Å². The average molecular weight is 234 g/mol. The van der Waals surface area contributed by atoms with E-state index < -0.39 is 0 Å². The Morgan fingerprint density at radius 3 is 2.88 bits per heavy atom. The molecule has 1 fully saturated rings. The number of hydrogen-bond donors (Lipinski definition) is 2. The Hall–Kier alpha value is -1.42. The molecule has 1 aromatic heterocycles. The minimum absolute atomic E-state index is 0.00733. The summed E-state index contributed by atoms with van der Waals surface area (Å²) in [4.78, 5) is 15.8. The van der Waals surface area contributed by atoms with Gasteiger partial charge in [0.25, 0.3) is 0 Å². The number of carbonyl (C=O) groups excluding carboxylic acids is 1. The molecular formula is C13H18N2O2. The second kappa shape index (κ2) is 5.27. The summed E-state index contributed by atoms with van der Waals surface area (Å²) < 4.78 is 0. The lowest BCUT2D eigenvalue weighted by atomic mass is 10.0. The third-order valence-electron chi connectivity index (χ3n) is 3.33. The van der Waals surface area contributed by atoms with Gasteiger partial charge in [0.2, 0.25) is 5.91 Å². The van der Waals surface area contributed by atoms with Crippen LogP contribution in [0.15, 0.2) is 24.4 Å². The van der Waals surface area contributed by atoms with Gasteiger partial charge in [-0.1, -0.05) is 6.07 Å². The molecule has 0 bridgehead atoms. The third-order valence-corrected chi connectivity index (χ3v) is 3.33. The van der Waals surface area contributed by atoms with E-state index in [2.05, 4.69) is 10.3 Å². The van der Waals surface area contributed by atoms with Gasteiger partial charge >= 0.3 is 0 Å². The number of hydrogen-bond acceptors (Lipinski definition) is 3. The lowest BCUT2D eigenvalue weighted by Gasteiger charge is -2.14. The van der Waals surface area contributed by atoms with Crippen molar-refractivity contribution in [3.05, 3.63) is 30.1 Å². The minimum Gasteiger partial charge on any atom is -0.396 e. The van der Waals surface area contributed by atoms with Crippen LogP contribution in [0.1, 0.15) is 25.0 Å². The van der Waals surface area contributed by atoms with Crippen molar-refractivity contribution >= 4 is 5.91 Å². The Labute approximate surface area is 101 Å². The molecule has 17 heavy (non-hydrogen) atoms. The molecule has 0 radical (unpaired) electrons. The molecule has 1 heterocycles. The second-order valence-electron chi connectivity index (χ2n) is 4.75. The van der Waals surface area contributed by atoms with E-state index in [0.29, 0.717) is 13.0 Å². The molecule has 0 spiro atoms. The van der Waals surface area contributed by atoms with Gasteiger partial charge in [-0.3, -0.25) is 9.78 Å². The largest absolute Gasteiger partial charge is 0.396 e. The van der Waals surface area contributed by atoms with E-state index in [4.69, 9.17) is 5.11 Å². The van der Waals surface area contributed by atoms with Crippen LogP contribution in [0.25, 0.3) is 0 Å². The first kappa shape index (κ1) is 12.0. The highest BCUT2D eigenvalue weighted by atomic mass is 16.3. The Kier molecular flexibility index (Phi) is 3.74. The van der Waals surface area contributed by atoms with Crippen LogP contribution in [0.3, 0.4) is 0 Å². The van der Waals surface area contributed by atoms with Gasteiger partial charge in [-0.15, -0.1) is 0 Å². The monoisotopic (exact) mass is 234 g/mol. The summed E-state index contributed by atoms with van der Waals surface area (Å²) in [6.45, 7) is 0.884. The van der Waals surface area contributed by atoms with Gasteiger partial charge in [0.05, 0.1) is 6.42 Å². The number of nitrogens with one attached hydrogen (secondary N) is 1. The minimum atomic E-state index is 0.00733. The van der Waals surface area contributed by atoms with Crippen molar-refractivity contribution in [1.29, 1.82) is 0 Å². The van der Waals surface area contributed by atoms with Crippen molar-refractivity contribution in [3.63, 3.8) is 0 Å². The van der Waals surface area contributed by atoms with E-state index in [0.717, 1.165) is 25.0 Å². The molecule has 92 valence electrons. The Bertz CT molecular complexity index is 374. The summed E-state index contributed by atoms with van der Waals surface area (Å²) in [5.41, 5.74) is 0.964. The van der Waals surface area contributed by atoms with Crippen LogP contribution in [-0.4, -0.2) is 29.1 Å². The molecular weight excluding hydrogens is 216 g/mol. The van der Waals surface area contributed by atoms with Crippen LogP contribution in [0.4, 0.5) is 0 Å². The first-order chi connectivity index (χ1) is 8.24. The summed E-state index contributed by atoms with van der Waals surface area (Å²) in [7, 11) is 0. The molecule has 0 saturated heterocycles. The maximum Gasteiger partial charge on any atom is 0.226 e. The van der Waals surface area contributed by atoms with Gasteiger partial charge in [0, 0.05) is 25.0 Å². The average Bonchev–Trinajstić information content (AvgIpc) is 3.09. The number of pyridine rings is 1. The van der Waals surface area contributed by atoms with Gasteiger partial charge in [-0.25, -0.2) is 0 Å². The Balaban J connectivity index is 1.75. The normalized spacial score (nSPS) is 16.5. The number of nitrogens with zero attached hydrogens (tertiary/aromatic N) is 1. The lowest BCUT2D eigenvalue weighted by molar-refractivity contribution is -0.120. The van der Waals surface area contributed by atoms with E-state index >= 15 is 0 Å². The fraction of sp³-hybridized carbons (Fsp3) is 0.538. The van der Waals surface area contributed by atoms with Crippen LogP contribution in [0.2, 0.25) is 0 Å². The summed E-state index contributed by atoms with van der Waals surface area (Å²) in [6, 6.07) is 5.56. The zero-order valence-electron chi connectivity index (χ0n) is 9.85. The SMILES string of the molecule is O=C(Cc1ccccn1)NCC1(CCO)CC1. The van der Waals surface area contributed by atoms with Crippen LogP contribution >= 0.6 is 0 Å². The first-order valence-electron chi connectivity index (χ1n) is 6.02. The first-order valence-corrected chi connectivity index (χ1v) is 6.02. The van der Waals surface area contributed by atoms with E-state index in [1.807, 2.05) is 18.2 Å². The summed E-state index contributed by atoms with van der Waals surface area (Å²) >= 11 is 0. The van der Waals surface area contributed by atoms with E-state index in [1.165, 1.54) is 0 Å². The predicted octanol–water partition coefficient (Wildman–Crippen LogP) is 0.903. The van der Waals surface area contributed by atoms with Crippen LogP contribution in [-0.2, 0) is 11.2 Å². The molecule has 4 nitrogen and oxygen atoms in total. The van der Waals surface area contributed by atoms with Gasteiger partial charge in [0.1, 0.15) is 0 Å². The third kappa shape index (κ3) is 3.53. The van der Waals surface area contributed by atoms with Crippen molar-refractivity contribution in [2.75, 3.05) is 13.2 Å². The summed E-state index contributed by atoms with van der Waals surface area (Å²) in [5.74, 6) is 0.00733. The molecule has 0 aromatic carbocycles. The highest BCUT2D eigenvalue weighted by Gasteiger charge is 2.41. The van der Waals surface area contributed by atoms with Gasteiger partial charge in [-0.05, 0) is 36.8 Å². The zero-order valence-corrected chi connectivity index (χ0v) is 9.85. The summed E-state index contributed by atoms with van der Waals surface area (Å²) in [6.07, 6.45) is 5.03. The fourth-order valence-corrected chi connectivity index (χ4v) is 1.94. The molecule has 1 aliphatic rings. The van der Waals surface area contributed by atoms with Gasteiger partial charge in [0.15, 0.2) is 0 Å². The maximum atomic E-state index is 11.7. The molecule has 0 aliphatic heterocycles. The van der Waals surface area contributed by atoms with Crippen LogP contribution in [0.5, 0.6) is 0 Å². The Morgan fingerprint density at radius 2 is 2.29 bits per heavy atom. The highest BCUT2D eigenvalue weighted by Crippen LogP contribution is 2.47. The molecule has 0 unspecified atom stereocenters. The van der Waals surface area contributed by atoms with Crippen LogP contribution in [0, 0.1) is 5.41 Å². The zero-order chi connectivity index (χ0) is 12.1. The summed E-state index contributed by atoms with van der Waals surface area (Å²) in [5, 5.41) is 11.8. The van der Waals surface area contributed by atoms with Crippen molar-refractivity contribution in [2.24, 2.45) is 5.41 Å². The van der Waals surface area contributed by atoms with E-state index in [-0.39, 0.29) is 17.9 Å². The predicted molar refractivity (Wildman–Crippen MR) is 64.3 cm³/mol. The molecule has 1 amide bonds. The Morgan fingerprint density at radius 1 is 1.47 bits per heavy atom. The standard InChI is InChI=1S/C13H18N2O2/c16-8-6-13(4-5-13)10-15-12(17)9-11-3-1-2-7-14-11/h1-3,7,16H,4-6,8-10H2,(H,15,17). The number of carbonyl (C=O) groups is 1. The fourth-order valence-electron chi connectivity index (χ4n) is 1.94. The number of aliphatic hydroxyl groups is 1. The number of rotatable bonds is 6. The quantitative estimate of drug-likeness (QED) is 0.769. The lowest BCUT2D eigenvalue weighted by Crippen LogP contribution is -2.32. The molecule has 1 aromatic rings. The van der Waals surface area contributed by atoms with Gasteiger partial charge < -0.3 is 10.4 Å². The molecule has 0 atom stereocenters. The number of aromatic nitrogens is 1. The van der Waals surface area contributed by atoms with Crippen LogP contribution < -0.4 is 5.32 Å². The van der Waals surface area contributed by atoms with E-state index in [1.54, 1.807) is 6.20 Å². The molecule has 1 aliphatic carbocycles. The molecule has 2 rings (SSSR count). The van der Waals surface area contributed by atoms with E-state index in [9.17, 15) is 4.79 Å². The van der Waals surface area contributed by atoms with Crippen molar-refractivity contribution in [3.8, 4) is 0 Å². The molecule has 4 heteroatoms. The highest BCUT2D eigenvalue weighted by molar-refractivity contribution is 5.78. The van der Waals surface area contributed by atoms with Crippen molar-refractivity contribution in [2.45, 2.75) is 25.7 Å². The molecule has 2 N–H and O–H groups in total. The molecule has 1 saturated carbocycles. The number of amides is 1. The topological polar surface area (TPSA) is 62.2 Å². The van der Waals surface area contributed by atoms with Crippen molar-refractivity contribution in [1.82, 2.24) is 10.3 Å². The smallest absolute Gasteiger partial charge is 0.226 e. The second-order valence-corrected chi connectivity index (χ2v) is 4.75. The number of aliphatic hydroxyl groups excluding tert-OH is 1. The van der Waals surface area contributed by atoms with Crippen molar-refractivity contribution < 1.29 is 9.90 Å². The maximum absolute atomic E-state index is 11.7.